The van der Waals surface area contributed by atoms with Crippen LogP contribution in [-0.4, -0.2) is 46.9 Å². The molecule has 2 amide bonds. The maximum atomic E-state index is 13.9. The Labute approximate surface area is 291 Å². The average Bonchev–Trinajstić information content (AvgIpc) is 3.32. The number of fused-ring (bicyclic) bond motifs is 3. The Bertz CT molecular complexity index is 1850. The summed E-state index contributed by atoms with van der Waals surface area (Å²) in [5, 5.41) is 31.8. The van der Waals surface area contributed by atoms with Gasteiger partial charge in [-0.1, -0.05) is 46.3 Å². The summed E-state index contributed by atoms with van der Waals surface area (Å²) < 4.78 is 88.7. The molecule has 262 valence electrons. The van der Waals surface area contributed by atoms with Crippen LogP contribution < -0.4 is 4.90 Å². The molecule has 0 aromatic heterocycles. The lowest BCUT2D eigenvalue weighted by Crippen LogP contribution is -2.46. The number of alkyl halides is 6. The van der Waals surface area contributed by atoms with Gasteiger partial charge in [0.1, 0.15) is 5.75 Å². The fourth-order valence-corrected chi connectivity index (χ4v) is 7.68. The minimum absolute atomic E-state index is 0.0340. The molecule has 1 aliphatic carbocycles. The SMILES string of the molecule is O=C1[C@@H]2[C@@H](CC(CO)=C3[C@@H](CC/C(=C/c4cc(Br)ccc4O)c4ccccc4)OB(O)C[C@@H]32)C(=O)N1c1cc(C(F)(F)F)cc(C(F)(F)F)c1. The Hall–Kier alpha value is -3.92. The normalized spacial score (nSPS) is 23.0. The van der Waals surface area contributed by atoms with E-state index in [0.717, 1.165) is 15.6 Å². The number of allylic oxidation sites excluding steroid dienone is 1. The maximum Gasteiger partial charge on any atom is 0.455 e. The van der Waals surface area contributed by atoms with Crippen molar-refractivity contribution in [3.8, 4) is 5.75 Å². The first-order valence-electron chi connectivity index (χ1n) is 15.6. The number of aliphatic hydroxyl groups excluding tert-OH is 1. The minimum Gasteiger partial charge on any atom is -0.507 e. The number of imide groups is 1. The Kier molecular flexibility index (Phi) is 9.81. The highest BCUT2D eigenvalue weighted by atomic mass is 79.9. The van der Waals surface area contributed by atoms with Gasteiger partial charge in [0.15, 0.2) is 0 Å². The highest BCUT2D eigenvalue weighted by Gasteiger charge is 2.58. The lowest BCUT2D eigenvalue weighted by atomic mass is 9.58. The third-order valence-corrected chi connectivity index (χ3v) is 9.96. The fraction of sp³-hybridized carbons (Fsp3) is 0.314. The van der Waals surface area contributed by atoms with Gasteiger partial charge < -0.3 is 19.9 Å². The number of carbonyl (C=O) groups excluding carboxylic acids is 2. The number of hydrogen-bond acceptors (Lipinski definition) is 6. The number of rotatable bonds is 7. The number of phenols is 1. The highest BCUT2D eigenvalue weighted by molar-refractivity contribution is 9.10. The zero-order valence-corrected chi connectivity index (χ0v) is 27.6. The molecule has 0 radical (unpaired) electrons. The molecular weight excluding hydrogens is 735 g/mol. The van der Waals surface area contributed by atoms with Gasteiger partial charge in [-0.05, 0) is 96.3 Å². The van der Waals surface area contributed by atoms with Gasteiger partial charge in [0.2, 0.25) is 11.8 Å². The van der Waals surface area contributed by atoms with Gasteiger partial charge in [-0.25, -0.2) is 4.90 Å². The van der Waals surface area contributed by atoms with Crippen molar-refractivity contribution in [1.29, 1.82) is 0 Å². The lowest BCUT2D eigenvalue weighted by molar-refractivity contribution is -0.143. The first-order valence-corrected chi connectivity index (χ1v) is 16.4. The maximum absolute atomic E-state index is 13.9. The van der Waals surface area contributed by atoms with Crippen molar-refractivity contribution in [2.75, 3.05) is 11.5 Å². The summed E-state index contributed by atoms with van der Waals surface area (Å²) in [6, 6.07) is 14.8. The van der Waals surface area contributed by atoms with E-state index in [4.69, 9.17) is 4.65 Å². The lowest BCUT2D eigenvalue weighted by Gasteiger charge is -2.43. The van der Waals surface area contributed by atoms with E-state index < -0.39 is 78.6 Å². The van der Waals surface area contributed by atoms with Crippen LogP contribution in [0.25, 0.3) is 11.6 Å². The molecule has 2 heterocycles. The van der Waals surface area contributed by atoms with Crippen LogP contribution in [0.4, 0.5) is 32.0 Å². The molecule has 3 N–H and O–H groups in total. The van der Waals surface area contributed by atoms with Crippen molar-refractivity contribution in [2.24, 2.45) is 17.8 Å². The summed E-state index contributed by atoms with van der Waals surface area (Å²) in [5.74, 6) is -5.25. The number of aromatic hydroxyl groups is 1. The average molecular weight is 764 g/mol. The van der Waals surface area contributed by atoms with Crippen LogP contribution in [0.5, 0.6) is 5.75 Å². The minimum atomic E-state index is -5.20. The Balaban J connectivity index is 1.35. The molecule has 0 bridgehead atoms. The van der Waals surface area contributed by atoms with E-state index >= 15 is 0 Å². The highest BCUT2D eigenvalue weighted by Crippen LogP contribution is 2.52. The van der Waals surface area contributed by atoms with Crippen molar-refractivity contribution in [2.45, 2.75) is 44.0 Å². The van der Waals surface area contributed by atoms with Crippen molar-refractivity contribution >= 4 is 52.2 Å². The number of phenolic OH excluding ortho intramolecular Hbond substituents is 1. The quantitative estimate of drug-likeness (QED) is 0.0757. The predicted molar refractivity (Wildman–Crippen MR) is 175 cm³/mol. The van der Waals surface area contributed by atoms with Crippen molar-refractivity contribution < 1.29 is 55.8 Å². The molecule has 50 heavy (non-hydrogen) atoms. The molecule has 4 atom stereocenters. The van der Waals surface area contributed by atoms with Crippen LogP contribution in [0.1, 0.15) is 41.5 Å². The molecule has 3 aromatic carbocycles. The number of anilines is 1. The largest absolute Gasteiger partial charge is 0.507 e. The molecular formula is C35H29BBrF6NO6. The molecule has 6 rings (SSSR count). The van der Waals surface area contributed by atoms with E-state index in [1.165, 1.54) is 6.07 Å². The van der Waals surface area contributed by atoms with E-state index in [1.54, 1.807) is 18.2 Å². The van der Waals surface area contributed by atoms with Crippen molar-refractivity contribution in [3.05, 3.63) is 105 Å². The van der Waals surface area contributed by atoms with Crippen LogP contribution in [0.15, 0.2) is 82.3 Å². The monoisotopic (exact) mass is 763 g/mol. The molecule has 2 fully saturated rings. The third-order valence-electron chi connectivity index (χ3n) is 9.47. The van der Waals surface area contributed by atoms with Crippen LogP contribution in [0.2, 0.25) is 6.32 Å². The summed E-state index contributed by atoms with van der Waals surface area (Å²) >= 11 is 3.41. The second-order valence-electron chi connectivity index (χ2n) is 12.5. The Morgan fingerprint density at radius 3 is 2.22 bits per heavy atom. The van der Waals surface area contributed by atoms with Gasteiger partial charge >= 0.3 is 19.5 Å². The van der Waals surface area contributed by atoms with Crippen molar-refractivity contribution in [3.63, 3.8) is 0 Å². The number of amides is 2. The van der Waals surface area contributed by atoms with Gasteiger partial charge in [-0.3, -0.25) is 9.59 Å². The van der Waals surface area contributed by atoms with E-state index in [1.807, 2.05) is 30.3 Å². The first kappa shape index (κ1) is 35.9. The molecule has 2 aliphatic heterocycles. The molecule has 0 spiro atoms. The summed E-state index contributed by atoms with van der Waals surface area (Å²) in [4.78, 5) is 28.0. The standard InChI is InChI=1S/C35H29BBrF6NO6/c37-24-7-8-28(46)20(11-24)10-19(18-4-2-1-3-5-18)6-9-29-30-21(17-45)12-26-31(27(30)16-36(49)50-29)33(48)44(32(26)47)25-14-22(34(38,39)40)13-23(15-25)35(41,42)43/h1-5,7-8,10-11,13-15,26-27,29,31,45-46,49H,6,9,12,16-17H2/b19-10-/t26-,27+,29-,31-/m1/s1. The topological polar surface area (TPSA) is 107 Å². The van der Waals surface area contributed by atoms with E-state index in [-0.39, 0.29) is 31.0 Å². The number of carbonyl (C=O) groups is 2. The predicted octanol–water partition coefficient (Wildman–Crippen LogP) is 7.51. The van der Waals surface area contributed by atoms with Crippen LogP contribution in [0.3, 0.4) is 0 Å². The van der Waals surface area contributed by atoms with Gasteiger partial charge in [0, 0.05) is 10.0 Å². The molecule has 3 aliphatic rings. The zero-order valence-electron chi connectivity index (χ0n) is 26.0. The smallest absolute Gasteiger partial charge is 0.455 e. The molecule has 2 saturated heterocycles. The van der Waals surface area contributed by atoms with E-state index in [9.17, 15) is 51.2 Å². The number of aliphatic hydroxyl groups is 1. The Morgan fingerprint density at radius 2 is 1.60 bits per heavy atom. The van der Waals surface area contributed by atoms with Gasteiger partial charge in [0.05, 0.1) is 41.4 Å². The number of benzene rings is 3. The second-order valence-corrected chi connectivity index (χ2v) is 13.4. The van der Waals surface area contributed by atoms with Gasteiger partial charge in [-0.2, -0.15) is 26.3 Å². The van der Waals surface area contributed by atoms with Crippen LogP contribution in [-0.2, 0) is 26.6 Å². The van der Waals surface area contributed by atoms with Crippen LogP contribution >= 0.6 is 15.9 Å². The van der Waals surface area contributed by atoms with E-state index in [2.05, 4.69) is 15.9 Å². The summed E-state index contributed by atoms with van der Waals surface area (Å²) in [6.45, 7) is -0.554. The van der Waals surface area contributed by atoms with Gasteiger partial charge in [0.25, 0.3) is 0 Å². The summed E-state index contributed by atoms with van der Waals surface area (Å²) in [5.41, 5.74) is -1.25. The molecule has 3 aromatic rings. The molecule has 0 saturated carbocycles. The molecule has 7 nitrogen and oxygen atoms in total. The Morgan fingerprint density at radius 1 is 0.940 bits per heavy atom. The second kappa shape index (κ2) is 13.7. The van der Waals surface area contributed by atoms with E-state index in [0.29, 0.717) is 40.2 Å². The van der Waals surface area contributed by atoms with Gasteiger partial charge in [-0.15, -0.1) is 0 Å². The zero-order chi connectivity index (χ0) is 36.1. The van der Waals surface area contributed by atoms with Crippen molar-refractivity contribution in [1.82, 2.24) is 0 Å². The summed E-state index contributed by atoms with van der Waals surface area (Å²) in [6.07, 6.45) is -9.30. The first-order chi connectivity index (χ1) is 23.6. The number of hydrogen-bond donors (Lipinski definition) is 3. The third kappa shape index (κ3) is 7.01. The van der Waals surface area contributed by atoms with Crippen LogP contribution in [0, 0.1) is 17.8 Å². The number of halogens is 7. The summed E-state index contributed by atoms with van der Waals surface area (Å²) in [7, 11) is -1.42. The number of nitrogens with zero attached hydrogens (tertiary/aromatic N) is 1. The molecule has 15 heteroatoms. The fourth-order valence-electron chi connectivity index (χ4n) is 7.30. The molecule has 0 unspecified atom stereocenters.